The molecule has 0 heterocycles. The van der Waals surface area contributed by atoms with Crippen LogP contribution < -0.4 is 0 Å². The molecule has 0 aromatic rings. The summed E-state index contributed by atoms with van der Waals surface area (Å²) in [6.07, 6.45) is 20.4. The van der Waals surface area contributed by atoms with Gasteiger partial charge < -0.3 is 9.47 Å². The molecule has 0 spiro atoms. The van der Waals surface area contributed by atoms with Gasteiger partial charge in [-0.25, -0.2) is 0 Å². The predicted octanol–water partition coefficient (Wildman–Crippen LogP) is 6.64. The third-order valence-electron chi connectivity index (χ3n) is 3.92. The van der Waals surface area contributed by atoms with Gasteiger partial charge in [0.15, 0.2) is 6.29 Å². The van der Waals surface area contributed by atoms with E-state index >= 15 is 0 Å². The molecule has 2 nitrogen and oxygen atoms in total. The number of rotatable bonds is 17. The van der Waals surface area contributed by atoms with E-state index in [1.54, 1.807) is 0 Å². The maximum absolute atomic E-state index is 5.56. The molecule has 0 saturated heterocycles. The maximum Gasteiger partial charge on any atom is 0.157 e. The van der Waals surface area contributed by atoms with Gasteiger partial charge in [-0.3, -0.25) is 0 Å². The standard InChI is InChI=1S/C20H40O2/c1-4-7-8-9-10-11-12-13-14-15-16-17-18-19-20(21-5-2)22-6-3/h7-8,20H,4-6,9-19H2,1-3H3/b8-7-. The zero-order valence-corrected chi connectivity index (χ0v) is 15.4. The fourth-order valence-corrected chi connectivity index (χ4v) is 2.68. The highest BCUT2D eigenvalue weighted by molar-refractivity contribution is 4.79. The number of hydrogen-bond donors (Lipinski definition) is 0. The van der Waals surface area contributed by atoms with Crippen molar-refractivity contribution in [3.8, 4) is 0 Å². The number of ether oxygens (including phenoxy) is 2. The van der Waals surface area contributed by atoms with Gasteiger partial charge in [0.05, 0.1) is 0 Å². The van der Waals surface area contributed by atoms with Gasteiger partial charge in [-0.1, -0.05) is 64.0 Å². The first kappa shape index (κ1) is 21.7. The van der Waals surface area contributed by atoms with Crippen molar-refractivity contribution in [3.63, 3.8) is 0 Å². The molecule has 0 unspecified atom stereocenters. The monoisotopic (exact) mass is 312 g/mol. The second kappa shape index (κ2) is 18.7. The minimum absolute atomic E-state index is 0.0248. The zero-order chi connectivity index (χ0) is 16.3. The zero-order valence-electron chi connectivity index (χ0n) is 15.4. The van der Waals surface area contributed by atoms with Gasteiger partial charge in [-0.2, -0.15) is 0 Å². The fraction of sp³-hybridized carbons (Fsp3) is 0.900. The van der Waals surface area contributed by atoms with Gasteiger partial charge >= 0.3 is 0 Å². The van der Waals surface area contributed by atoms with Gasteiger partial charge in [-0.15, -0.1) is 0 Å². The molecule has 0 aromatic heterocycles. The third kappa shape index (κ3) is 16.0. The van der Waals surface area contributed by atoms with Crippen LogP contribution in [0.1, 0.15) is 97.8 Å². The van der Waals surface area contributed by atoms with E-state index in [0.29, 0.717) is 0 Å². The number of unbranched alkanes of at least 4 members (excludes halogenated alkanes) is 9. The van der Waals surface area contributed by atoms with E-state index < -0.39 is 0 Å². The van der Waals surface area contributed by atoms with Gasteiger partial charge in [0.25, 0.3) is 0 Å². The first-order chi connectivity index (χ1) is 10.8. The molecule has 0 aliphatic rings. The van der Waals surface area contributed by atoms with E-state index in [2.05, 4.69) is 19.1 Å². The molecule has 0 aliphatic carbocycles. The summed E-state index contributed by atoms with van der Waals surface area (Å²) in [7, 11) is 0. The molecule has 0 aromatic carbocycles. The Bertz CT molecular complexity index is 220. The molecular weight excluding hydrogens is 272 g/mol. The van der Waals surface area contributed by atoms with Crippen LogP contribution in [0.15, 0.2) is 12.2 Å². The second-order valence-electron chi connectivity index (χ2n) is 5.98. The van der Waals surface area contributed by atoms with Crippen LogP contribution in [-0.4, -0.2) is 19.5 Å². The molecule has 132 valence electrons. The molecular formula is C20H40O2. The van der Waals surface area contributed by atoms with Crippen molar-refractivity contribution in [2.75, 3.05) is 13.2 Å². The first-order valence-corrected chi connectivity index (χ1v) is 9.73. The highest BCUT2D eigenvalue weighted by atomic mass is 16.7. The summed E-state index contributed by atoms with van der Waals surface area (Å²) in [5.74, 6) is 0. The Morgan fingerprint density at radius 3 is 1.64 bits per heavy atom. The number of allylic oxidation sites excluding steroid dienone is 2. The molecule has 0 amide bonds. The largest absolute Gasteiger partial charge is 0.353 e. The average Bonchev–Trinajstić information content (AvgIpc) is 2.52. The van der Waals surface area contributed by atoms with Crippen LogP contribution in [0.5, 0.6) is 0 Å². The van der Waals surface area contributed by atoms with Crippen molar-refractivity contribution >= 4 is 0 Å². The first-order valence-electron chi connectivity index (χ1n) is 9.73. The van der Waals surface area contributed by atoms with E-state index in [1.165, 1.54) is 70.6 Å². The SMILES string of the molecule is CC/C=C\CCCCCCCCCCCC(OCC)OCC. The van der Waals surface area contributed by atoms with Crippen LogP contribution >= 0.6 is 0 Å². The Labute approximate surface area is 139 Å². The van der Waals surface area contributed by atoms with Crippen LogP contribution in [0, 0.1) is 0 Å². The van der Waals surface area contributed by atoms with Crippen molar-refractivity contribution in [2.24, 2.45) is 0 Å². The Morgan fingerprint density at radius 1 is 0.636 bits per heavy atom. The van der Waals surface area contributed by atoms with Crippen molar-refractivity contribution in [3.05, 3.63) is 12.2 Å². The van der Waals surface area contributed by atoms with Crippen LogP contribution in [0.4, 0.5) is 0 Å². The molecule has 0 N–H and O–H groups in total. The predicted molar refractivity (Wildman–Crippen MR) is 97.3 cm³/mol. The molecule has 0 rings (SSSR count). The molecule has 22 heavy (non-hydrogen) atoms. The van der Waals surface area contributed by atoms with E-state index in [0.717, 1.165) is 19.6 Å². The highest BCUT2D eigenvalue weighted by Crippen LogP contribution is 2.13. The third-order valence-corrected chi connectivity index (χ3v) is 3.92. The lowest BCUT2D eigenvalue weighted by Gasteiger charge is -2.16. The van der Waals surface area contributed by atoms with Crippen molar-refractivity contribution in [2.45, 2.75) is 104 Å². The Kier molecular flexibility index (Phi) is 18.4. The quantitative estimate of drug-likeness (QED) is 0.170. The van der Waals surface area contributed by atoms with E-state index in [1.807, 2.05) is 13.8 Å². The molecule has 0 fully saturated rings. The van der Waals surface area contributed by atoms with Crippen molar-refractivity contribution in [1.29, 1.82) is 0 Å². The Morgan fingerprint density at radius 2 is 1.14 bits per heavy atom. The lowest BCUT2D eigenvalue weighted by Crippen LogP contribution is -2.17. The van der Waals surface area contributed by atoms with E-state index in [9.17, 15) is 0 Å². The summed E-state index contributed by atoms with van der Waals surface area (Å²) in [6.45, 7) is 7.76. The number of hydrogen-bond acceptors (Lipinski definition) is 2. The summed E-state index contributed by atoms with van der Waals surface area (Å²) in [4.78, 5) is 0. The van der Waals surface area contributed by atoms with Crippen molar-refractivity contribution in [1.82, 2.24) is 0 Å². The highest BCUT2D eigenvalue weighted by Gasteiger charge is 2.06. The Balaban J connectivity index is 3.20. The van der Waals surface area contributed by atoms with Gasteiger partial charge in [-0.05, 0) is 46.0 Å². The topological polar surface area (TPSA) is 18.5 Å². The Hall–Kier alpha value is -0.340. The molecule has 0 aliphatic heterocycles. The maximum atomic E-state index is 5.56. The minimum atomic E-state index is 0.0248. The van der Waals surface area contributed by atoms with Crippen LogP contribution in [0.25, 0.3) is 0 Å². The second-order valence-corrected chi connectivity index (χ2v) is 5.98. The summed E-state index contributed by atoms with van der Waals surface area (Å²) < 4.78 is 11.1. The minimum Gasteiger partial charge on any atom is -0.353 e. The molecule has 0 saturated carbocycles. The molecule has 0 radical (unpaired) electrons. The van der Waals surface area contributed by atoms with Gasteiger partial charge in [0.2, 0.25) is 0 Å². The fourth-order valence-electron chi connectivity index (χ4n) is 2.68. The summed E-state index contributed by atoms with van der Waals surface area (Å²) in [5, 5.41) is 0. The normalized spacial score (nSPS) is 11.8. The lowest BCUT2D eigenvalue weighted by atomic mass is 10.1. The van der Waals surface area contributed by atoms with Crippen molar-refractivity contribution < 1.29 is 9.47 Å². The smallest absolute Gasteiger partial charge is 0.157 e. The molecule has 2 heteroatoms. The summed E-state index contributed by atoms with van der Waals surface area (Å²) in [5.41, 5.74) is 0. The van der Waals surface area contributed by atoms with Crippen LogP contribution in [-0.2, 0) is 9.47 Å². The van der Waals surface area contributed by atoms with Crippen LogP contribution in [0.3, 0.4) is 0 Å². The summed E-state index contributed by atoms with van der Waals surface area (Å²) >= 11 is 0. The summed E-state index contributed by atoms with van der Waals surface area (Å²) in [6, 6.07) is 0. The lowest BCUT2D eigenvalue weighted by molar-refractivity contribution is -0.140. The van der Waals surface area contributed by atoms with E-state index in [4.69, 9.17) is 9.47 Å². The van der Waals surface area contributed by atoms with Crippen LogP contribution in [0.2, 0.25) is 0 Å². The van der Waals surface area contributed by atoms with Gasteiger partial charge in [0, 0.05) is 13.2 Å². The molecule has 0 atom stereocenters. The molecule has 0 bridgehead atoms. The van der Waals surface area contributed by atoms with Gasteiger partial charge in [0.1, 0.15) is 0 Å². The van der Waals surface area contributed by atoms with E-state index in [-0.39, 0.29) is 6.29 Å². The average molecular weight is 313 g/mol.